The number of allylic oxidation sites excluding steroid dienone is 1. The Morgan fingerprint density at radius 1 is 1.22 bits per heavy atom. The van der Waals surface area contributed by atoms with Crippen LogP contribution in [0.5, 0.6) is 0 Å². The van der Waals surface area contributed by atoms with Crippen LogP contribution in [0.25, 0.3) is 0 Å². The summed E-state index contributed by atoms with van der Waals surface area (Å²) in [7, 11) is 1.75. The molecule has 1 N–H and O–H groups in total. The van der Waals surface area contributed by atoms with Crippen LogP contribution in [0.4, 0.5) is 13.2 Å². The monoisotopic (exact) mass is 399 g/mol. The van der Waals surface area contributed by atoms with Crippen LogP contribution in [0.2, 0.25) is 0 Å². The molecule has 1 aromatic carbocycles. The van der Waals surface area contributed by atoms with Crippen LogP contribution >= 0.6 is 12.2 Å². The molecule has 2 aliphatic heterocycles. The minimum atomic E-state index is -4.41. The van der Waals surface area contributed by atoms with Gasteiger partial charge in [0.25, 0.3) is 5.91 Å². The Morgan fingerprint density at radius 2 is 1.81 bits per heavy atom. The number of ether oxygens (including phenoxy) is 1. The highest BCUT2D eigenvalue weighted by atomic mass is 32.1. The molecular weight excluding hydrogens is 379 g/mol. The van der Waals surface area contributed by atoms with Gasteiger partial charge in [-0.05, 0) is 36.8 Å². The molecular formula is C18H20F3N3O2S. The predicted molar refractivity (Wildman–Crippen MR) is 97.8 cm³/mol. The Bertz CT molecular complexity index is 771. The number of alkyl halides is 3. The molecule has 1 fully saturated rings. The molecule has 2 aliphatic rings. The lowest BCUT2D eigenvalue weighted by atomic mass is 9.93. The number of carbonyl (C=O) groups excluding carboxylic acids is 1. The fourth-order valence-corrected chi connectivity index (χ4v) is 3.42. The maximum atomic E-state index is 13.1. The summed E-state index contributed by atoms with van der Waals surface area (Å²) in [4.78, 5) is 16.5. The van der Waals surface area contributed by atoms with Gasteiger partial charge in [-0.3, -0.25) is 4.79 Å². The number of hydrogen-bond acceptors (Lipinski definition) is 3. The number of halogens is 3. The topological polar surface area (TPSA) is 44.8 Å². The second-order valence-corrected chi connectivity index (χ2v) is 6.85. The molecule has 0 bridgehead atoms. The Labute approximate surface area is 160 Å². The van der Waals surface area contributed by atoms with Gasteiger partial charge in [0, 0.05) is 25.8 Å². The highest BCUT2D eigenvalue weighted by molar-refractivity contribution is 7.80. The first-order valence-corrected chi connectivity index (χ1v) is 8.90. The lowest BCUT2D eigenvalue weighted by molar-refractivity contribution is -0.137. The van der Waals surface area contributed by atoms with Gasteiger partial charge in [0.15, 0.2) is 5.11 Å². The van der Waals surface area contributed by atoms with Crippen molar-refractivity contribution < 1.29 is 22.7 Å². The average molecular weight is 399 g/mol. The van der Waals surface area contributed by atoms with E-state index >= 15 is 0 Å². The summed E-state index contributed by atoms with van der Waals surface area (Å²) < 4.78 is 43.9. The van der Waals surface area contributed by atoms with E-state index in [9.17, 15) is 18.0 Å². The number of carbonyl (C=O) groups is 1. The number of hydrogen-bond donors (Lipinski definition) is 1. The zero-order chi connectivity index (χ0) is 19.8. The van der Waals surface area contributed by atoms with Crippen molar-refractivity contribution in [1.82, 2.24) is 15.1 Å². The van der Waals surface area contributed by atoms with Crippen molar-refractivity contribution in [3.63, 3.8) is 0 Å². The first-order valence-electron chi connectivity index (χ1n) is 8.49. The maximum Gasteiger partial charge on any atom is 0.416 e. The smallest absolute Gasteiger partial charge is 0.378 e. The van der Waals surface area contributed by atoms with Gasteiger partial charge < -0.3 is 19.9 Å². The standard InChI is InChI=1S/C18H20F3N3O2S/c1-11-14(16(25)24-7-9-26-10-8-24)15(22-17(27)23(11)2)12-3-5-13(6-4-12)18(19,20)21/h3-6,15H,7-10H2,1-2H3,(H,22,27)/t15-/m0/s1. The third-order valence-electron chi connectivity index (χ3n) is 4.85. The van der Waals surface area contributed by atoms with E-state index in [1.54, 1.807) is 23.8 Å². The first kappa shape index (κ1) is 19.6. The molecule has 1 atom stereocenters. The normalized spacial score (nSPS) is 21.4. The molecule has 3 rings (SSSR count). The molecule has 1 amide bonds. The van der Waals surface area contributed by atoms with Crippen LogP contribution in [0.1, 0.15) is 24.1 Å². The third kappa shape index (κ3) is 3.93. The molecule has 1 aromatic rings. The van der Waals surface area contributed by atoms with Gasteiger partial charge in [-0.2, -0.15) is 13.2 Å². The Kier molecular flexibility index (Phi) is 5.43. The summed E-state index contributed by atoms with van der Waals surface area (Å²) >= 11 is 5.32. The van der Waals surface area contributed by atoms with Gasteiger partial charge >= 0.3 is 6.18 Å². The molecule has 0 aromatic heterocycles. The number of benzene rings is 1. The number of amides is 1. The van der Waals surface area contributed by atoms with Crippen molar-refractivity contribution in [1.29, 1.82) is 0 Å². The molecule has 2 heterocycles. The second kappa shape index (κ2) is 7.47. The van der Waals surface area contributed by atoms with Crippen molar-refractivity contribution in [2.75, 3.05) is 33.4 Å². The van der Waals surface area contributed by atoms with Crippen molar-refractivity contribution in [2.24, 2.45) is 0 Å². The molecule has 5 nitrogen and oxygen atoms in total. The van der Waals surface area contributed by atoms with Crippen LogP contribution in [0.15, 0.2) is 35.5 Å². The Hall–Kier alpha value is -2.13. The van der Waals surface area contributed by atoms with E-state index in [1.807, 2.05) is 0 Å². The maximum absolute atomic E-state index is 13.1. The van der Waals surface area contributed by atoms with Crippen LogP contribution in [0, 0.1) is 0 Å². The minimum absolute atomic E-state index is 0.164. The van der Waals surface area contributed by atoms with Crippen LogP contribution in [0.3, 0.4) is 0 Å². The fourth-order valence-electron chi connectivity index (χ4n) is 3.16. The summed E-state index contributed by atoms with van der Waals surface area (Å²) in [5.74, 6) is -0.164. The first-order chi connectivity index (χ1) is 12.7. The highest BCUT2D eigenvalue weighted by Crippen LogP contribution is 2.34. The molecule has 9 heteroatoms. The van der Waals surface area contributed by atoms with Gasteiger partial charge in [-0.15, -0.1) is 0 Å². The summed E-state index contributed by atoms with van der Waals surface area (Å²) in [5.41, 5.74) is 0.978. The zero-order valence-electron chi connectivity index (χ0n) is 15.0. The van der Waals surface area contributed by atoms with E-state index in [2.05, 4.69) is 5.32 Å². The molecule has 0 spiro atoms. The van der Waals surface area contributed by atoms with Gasteiger partial charge in [0.05, 0.1) is 30.4 Å². The molecule has 27 heavy (non-hydrogen) atoms. The Morgan fingerprint density at radius 3 is 2.37 bits per heavy atom. The SMILES string of the molecule is CC1=C(C(=O)N2CCOCC2)[C@H](c2ccc(C(F)(F)F)cc2)NC(=S)N1C. The van der Waals surface area contributed by atoms with Crippen LogP contribution < -0.4 is 5.32 Å². The van der Waals surface area contributed by atoms with E-state index in [0.717, 1.165) is 12.1 Å². The summed E-state index contributed by atoms with van der Waals surface area (Å²) in [6, 6.07) is 4.20. The van der Waals surface area contributed by atoms with E-state index in [4.69, 9.17) is 17.0 Å². The largest absolute Gasteiger partial charge is 0.416 e. The van der Waals surface area contributed by atoms with Crippen molar-refractivity contribution in [3.05, 3.63) is 46.7 Å². The molecule has 0 aliphatic carbocycles. The lowest BCUT2D eigenvalue weighted by Gasteiger charge is -2.38. The average Bonchev–Trinajstić information content (AvgIpc) is 2.65. The van der Waals surface area contributed by atoms with Gasteiger partial charge in [0.1, 0.15) is 0 Å². The summed E-state index contributed by atoms with van der Waals surface area (Å²) in [5, 5.41) is 3.49. The van der Waals surface area contributed by atoms with Gasteiger partial charge in [-0.1, -0.05) is 12.1 Å². The number of nitrogens with zero attached hydrogens (tertiary/aromatic N) is 2. The molecule has 0 radical (unpaired) electrons. The third-order valence-corrected chi connectivity index (χ3v) is 5.25. The molecule has 146 valence electrons. The van der Waals surface area contributed by atoms with E-state index in [1.165, 1.54) is 12.1 Å². The quantitative estimate of drug-likeness (QED) is 0.775. The summed E-state index contributed by atoms with van der Waals surface area (Å²) in [6.07, 6.45) is -4.41. The lowest BCUT2D eigenvalue weighted by Crippen LogP contribution is -2.50. The van der Waals surface area contributed by atoms with Crippen LogP contribution in [-0.2, 0) is 15.7 Å². The predicted octanol–water partition coefficient (Wildman–Crippen LogP) is 2.70. The second-order valence-electron chi connectivity index (χ2n) is 6.46. The fraction of sp³-hybridized carbons (Fsp3) is 0.444. The number of morpholine rings is 1. The van der Waals surface area contributed by atoms with Crippen molar-refractivity contribution >= 4 is 23.2 Å². The van der Waals surface area contributed by atoms with E-state index in [0.29, 0.717) is 48.2 Å². The van der Waals surface area contributed by atoms with E-state index in [-0.39, 0.29) is 5.91 Å². The van der Waals surface area contributed by atoms with E-state index < -0.39 is 17.8 Å². The van der Waals surface area contributed by atoms with Gasteiger partial charge in [0.2, 0.25) is 0 Å². The number of nitrogens with one attached hydrogen (secondary N) is 1. The zero-order valence-corrected chi connectivity index (χ0v) is 15.8. The Balaban J connectivity index is 1.98. The van der Waals surface area contributed by atoms with Gasteiger partial charge in [-0.25, -0.2) is 0 Å². The minimum Gasteiger partial charge on any atom is -0.378 e. The highest BCUT2D eigenvalue weighted by Gasteiger charge is 2.36. The molecule has 1 saturated heterocycles. The summed E-state index contributed by atoms with van der Waals surface area (Å²) in [6.45, 7) is 3.67. The number of rotatable bonds is 2. The number of thiocarbonyl (C=S) groups is 1. The molecule has 0 unspecified atom stereocenters. The van der Waals surface area contributed by atoms with Crippen molar-refractivity contribution in [2.45, 2.75) is 19.1 Å². The van der Waals surface area contributed by atoms with Crippen LogP contribution in [-0.4, -0.2) is 54.2 Å². The molecule has 0 saturated carbocycles. The van der Waals surface area contributed by atoms with Crippen molar-refractivity contribution in [3.8, 4) is 0 Å².